The van der Waals surface area contributed by atoms with E-state index in [1.54, 1.807) is 0 Å². The van der Waals surface area contributed by atoms with Crippen LogP contribution in [0.15, 0.2) is 24.3 Å². The van der Waals surface area contributed by atoms with Crippen LogP contribution in [0.4, 0.5) is 0 Å². The molecule has 1 aromatic rings. The van der Waals surface area contributed by atoms with Crippen molar-refractivity contribution in [2.24, 2.45) is 0 Å². The summed E-state index contributed by atoms with van der Waals surface area (Å²) in [6.07, 6.45) is 1.15. The summed E-state index contributed by atoms with van der Waals surface area (Å²) in [5.41, 5.74) is 2.92. The van der Waals surface area contributed by atoms with Crippen molar-refractivity contribution < 1.29 is 0 Å². The molecule has 0 aromatic heterocycles. The van der Waals surface area contributed by atoms with Gasteiger partial charge in [-0.2, -0.15) is 23.5 Å². The zero-order chi connectivity index (χ0) is 14.5. The summed E-state index contributed by atoms with van der Waals surface area (Å²) in [4.78, 5) is 0. The summed E-state index contributed by atoms with van der Waals surface area (Å²) in [6.45, 7) is 10.2. The molecule has 1 nitrogen and oxygen atoms in total. The van der Waals surface area contributed by atoms with Crippen molar-refractivity contribution in [1.82, 2.24) is 5.32 Å². The molecular formula is C17H27NS2. The number of likely N-dealkylation sites (N-methyl/N-ethyl adjacent to an activating group) is 1. The lowest BCUT2D eigenvalue weighted by atomic mass is 9.99. The highest BCUT2D eigenvalue weighted by atomic mass is 32.2. The van der Waals surface area contributed by atoms with Crippen molar-refractivity contribution in [2.45, 2.75) is 55.9 Å². The average molecular weight is 310 g/mol. The number of benzene rings is 1. The van der Waals surface area contributed by atoms with Gasteiger partial charge < -0.3 is 5.32 Å². The van der Waals surface area contributed by atoms with Crippen molar-refractivity contribution in [2.75, 3.05) is 12.3 Å². The van der Waals surface area contributed by atoms with E-state index < -0.39 is 0 Å². The van der Waals surface area contributed by atoms with Gasteiger partial charge in [-0.05, 0) is 31.0 Å². The summed E-state index contributed by atoms with van der Waals surface area (Å²) in [7, 11) is 0. The molecule has 2 rings (SSSR count). The Balaban J connectivity index is 2.05. The van der Waals surface area contributed by atoms with E-state index in [9.17, 15) is 0 Å². The molecule has 1 fully saturated rings. The highest BCUT2D eigenvalue weighted by molar-refractivity contribution is 8.07. The molecule has 0 radical (unpaired) electrons. The predicted octanol–water partition coefficient (Wildman–Crippen LogP) is 4.14. The van der Waals surface area contributed by atoms with Crippen LogP contribution in [0.3, 0.4) is 0 Å². The molecule has 1 aliphatic heterocycles. The second-order valence-corrected chi connectivity index (χ2v) is 8.74. The maximum absolute atomic E-state index is 3.73. The molecule has 4 unspecified atom stereocenters. The second kappa shape index (κ2) is 7.77. The normalized spacial score (nSPS) is 28.3. The first kappa shape index (κ1) is 16.3. The maximum Gasteiger partial charge on any atom is 0.0298 e. The third kappa shape index (κ3) is 4.19. The Morgan fingerprint density at radius 1 is 1.25 bits per heavy atom. The molecule has 1 heterocycles. The lowest BCUT2D eigenvalue weighted by Crippen LogP contribution is -2.44. The Labute approximate surface area is 132 Å². The topological polar surface area (TPSA) is 12.0 Å². The molecule has 0 saturated carbocycles. The molecule has 112 valence electrons. The van der Waals surface area contributed by atoms with Gasteiger partial charge in [-0.15, -0.1) is 0 Å². The number of thioether (sulfide) groups is 2. The molecule has 1 N–H and O–H groups in total. The number of hydrogen-bond acceptors (Lipinski definition) is 3. The zero-order valence-corrected chi connectivity index (χ0v) is 14.7. The number of aryl methyl sites for hydroxylation is 1. The van der Waals surface area contributed by atoms with Gasteiger partial charge in [0.1, 0.15) is 0 Å². The van der Waals surface area contributed by atoms with E-state index in [0.717, 1.165) is 28.7 Å². The highest BCUT2D eigenvalue weighted by Gasteiger charge is 2.31. The van der Waals surface area contributed by atoms with Gasteiger partial charge in [-0.25, -0.2) is 0 Å². The highest BCUT2D eigenvalue weighted by Crippen LogP contribution is 2.37. The van der Waals surface area contributed by atoms with Crippen LogP contribution in [-0.2, 0) is 6.42 Å². The van der Waals surface area contributed by atoms with Crippen molar-refractivity contribution in [3.05, 3.63) is 35.4 Å². The average Bonchev–Trinajstić information content (AvgIpc) is 2.44. The van der Waals surface area contributed by atoms with Crippen LogP contribution in [0.2, 0.25) is 0 Å². The molecule has 1 saturated heterocycles. The fourth-order valence-corrected chi connectivity index (χ4v) is 5.82. The Morgan fingerprint density at radius 2 is 2.00 bits per heavy atom. The minimum atomic E-state index is 0.591. The van der Waals surface area contributed by atoms with Crippen LogP contribution in [-0.4, -0.2) is 34.1 Å². The number of nitrogens with one attached hydrogen (secondary N) is 1. The van der Waals surface area contributed by atoms with Crippen molar-refractivity contribution >= 4 is 23.5 Å². The largest absolute Gasteiger partial charge is 0.313 e. The zero-order valence-electron chi connectivity index (χ0n) is 13.1. The molecule has 3 heteroatoms. The van der Waals surface area contributed by atoms with Gasteiger partial charge in [0, 0.05) is 27.5 Å². The lowest BCUT2D eigenvalue weighted by Gasteiger charge is -2.36. The van der Waals surface area contributed by atoms with Crippen LogP contribution in [0, 0.1) is 6.92 Å². The van der Waals surface area contributed by atoms with Crippen LogP contribution in [0.25, 0.3) is 0 Å². The van der Waals surface area contributed by atoms with Crippen molar-refractivity contribution in [3.63, 3.8) is 0 Å². The second-order valence-electron chi connectivity index (χ2n) is 5.71. The summed E-state index contributed by atoms with van der Waals surface area (Å²) in [5.74, 6) is 1.28. The Bertz CT molecular complexity index is 421. The first-order chi connectivity index (χ1) is 9.61. The molecule has 0 aliphatic carbocycles. The lowest BCUT2D eigenvalue weighted by molar-refractivity contribution is 0.519. The summed E-state index contributed by atoms with van der Waals surface area (Å²) in [5, 5.41) is 6.01. The first-order valence-electron chi connectivity index (χ1n) is 7.66. The molecule has 1 aromatic carbocycles. The Morgan fingerprint density at radius 3 is 2.65 bits per heavy atom. The molecule has 0 bridgehead atoms. The summed E-state index contributed by atoms with van der Waals surface area (Å²) < 4.78 is 0. The van der Waals surface area contributed by atoms with Crippen LogP contribution >= 0.6 is 23.5 Å². The summed E-state index contributed by atoms with van der Waals surface area (Å²) in [6, 6.07) is 9.40. The Hall–Kier alpha value is -0.120. The smallest absolute Gasteiger partial charge is 0.0298 e. The van der Waals surface area contributed by atoms with E-state index in [1.807, 2.05) is 0 Å². The predicted molar refractivity (Wildman–Crippen MR) is 95.1 cm³/mol. The standard InChI is InChI=1S/C17H27NS2/c1-5-18-16(10-15-9-7-6-8-12(15)2)17-11-19-13(3)14(4)20-17/h6-9,13-14,16-18H,5,10-11H2,1-4H3. The molecule has 0 amide bonds. The van der Waals surface area contributed by atoms with Gasteiger partial charge >= 0.3 is 0 Å². The molecular weight excluding hydrogens is 282 g/mol. The van der Waals surface area contributed by atoms with Gasteiger partial charge in [0.2, 0.25) is 0 Å². The monoisotopic (exact) mass is 309 g/mol. The van der Waals surface area contributed by atoms with E-state index in [-0.39, 0.29) is 0 Å². The van der Waals surface area contributed by atoms with Crippen molar-refractivity contribution in [1.29, 1.82) is 0 Å². The SMILES string of the molecule is CCNC(Cc1ccccc1C)C1CSC(C)C(C)S1. The number of rotatable bonds is 5. The van der Waals surface area contributed by atoms with Crippen LogP contribution < -0.4 is 5.32 Å². The van der Waals surface area contributed by atoms with E-state index in [1.165, 1.54) is 16.9 Å². The quantitative estimate of drug-likeness (QED) is 0.878. The number of hydrogen-bond donors (Lipinski definition) is 1. The van der Waals surface area contributed by atoms with Crippen molar-refractivity contribution in [3.8, 4) is 0 Å². The first-order valence-corrected chi connectivity index (χ1v) is 9.66. The maximum atomic E-state index is 3.73. The fourth-order valence-electron chi connectivity index (χ4n) is 2.69. The van der Waals surface area contributed by atoms with Gasteiger partial charge in [0.15, 0.2) is 0 Å². The Kier molecular flexibility index (Phi) is 6.31. The van der Waals surface area contributed by atoms with E-state index in [0.29, 0.717) is 6.04 Å². The van der Waals surface area contributed by atoms with Gasteiger partial charge in [0.25, 0.3) is 0 Å². The van der Waals surface area contributed by atoms with Gasteiger partial charge in [-0.3, -0.25) is 0 Å². The molecule has 0 spiro atoms. The van der Waals surface area contributed by atoms with E-state index in [2.05, 4.69) is 80.8 Å². The van der Waals surface area contributed by atoms with Crippen LogP contribution in [0.1, 0.15) is 31.9 Å². The minimum absolute atomic E-state index is 0.591. The van der Waals surface area contributed by atoms with Crippen LogP contribution in [0.5, 0.6) is 0 Å². The van der Waals surface area contributed by atoms with Gasteiger partial charge in [0.05, 0.1) is 0 Å². The van der Waals surface area contributed by atoms with Gasteiger partial charge in [-0.1, -0.05) is 45.0 Å². The molecule has 4 atom stereocenters. The molecule has 20 heavy (non-hydrogen) atoms. The van der Waals surface area contributed by atoms with E-state index >= 15 is 0 Å². The summed E-state index contributed by atoms with van der Waals surface area (Å²) >= 11 is 4.33. The third-order valence-corrected chi connectivity index (χ3v) is 7.74. The molecule has 1 aliphatic rings. The van der Waals surface area contributed by atoms with E-state index in [4.69, 9.17) is 0 Å². The minimum Gasteiger partial charge on any atom is -0.313 e. The third-order valence-electron chi connectivity index (χ3n) is 4.19. The fraction of sp³-hybridized carbons (Fsp3) is 0.647.